The number of carbonyl (C=O) groups excluding carboxylic acids is 1. The minimum absolute atomic E-state index is 0.0528. The lowest BCUT2D eigenvalue weighted by molar-refractivity contribution is -0.148. The molecule has 2 aromatic heterocycles. The average Bonchev–Trinajstić information content (AvgIpc) is 3.21. The first kappa shape index (κ1) is 17.6. The monoisotopic (exact) mass is 377 g/mol. The van der Waals surface area contributed by atoms with Crippen LogP contribution in [0.4, 0.5) is 13.2 Å². The van der Waals surface area contributed by atoms with Gasteiger partial charge in [0.05, 0.1) is 6.54 Å². The molecule has 3 heterocycles. The molecule has 1 amide bonds. The van der Waals surface area contributed by atoms with E-state index in [0.29, 0.717) is 12.8 Å². The molecule has 27 heavy (non-hydrogen) atoms. The van der Waals surface area contributed by atoms with Crippen molar-refractivity contribution in [1.29, 1.82) is 0 Å². The summed E-state index contributed by atoms with van der Waals surface area (Å²) < 4.78 is 41.8. The Morgan fingerprint density at radius 2 is 1.96 bits per heavy atom. The van der Waals surface area contributed by atoms with E-state index >= 15 is 0 Å². The number of benzene rings is 1. The van der Waals surface area contributed by atoms with Crippen LogP contribution in [0.25, 0.3) is 10.9 Å². The number of alkyl halides is 3. The number of carbonyl (C=O) groups is 1. The predicted molar refractivity (Wildman–Crippen MR) is 91.7 cm³/mol. The predicted octanol–water partition coefficient (Wildman–Crippen LogP) is 2.76. The molecule has 6 nitrogen and oxygen atoms in total. The highest BCUT2D eigenvalue weighted by molar-refractivity contribution is 5.85. The Hall–Kier alpha value is -2.84. The van der Waals surface area contributed by atoms with Crippen LogP contribution >= 0.6 is 0 Å². The quantitative estimate of drug-likeness (QED) is 0.705. The van der Waals surface area contributed by atoms with Gasteiger partial charge in [-0.1, -0.05) is 18.2 Å². The lowest BCUT2D eigenvalue weighted by atomic mass is 10.1. The third kappa shape index (κ3) is 3.17. The van der Waals surface area contributed by atoms with Gasteiger partial charge < -0.3 is 14.0 Å². The van der Waals surface area contributed by atoms with Gasteiger partial charge in [-0.15, -0.1) is 10.2 Å². The Labute approximate surface area is 153 Å². The largest absolute Gasteiger partial charge is 0.451 e. The number of hydrogen-bond acceptors (Lipinski definition) is 3. The molecule has 0 spiro atoms. The summed E-state index contributed by atoms with van der Waals surface area (Å²) in [7, 11) is 1.96. The molecule has 0 N–H and O–H groups in total. The van der Waals surface area contributed by atoms with Crippen molar-refractivity contribution in [2.45, 2.75) is 32.1 Å². The molecular formula is C18H18F3N5O. The van der Waals surface area contributed by atoms with E-state index in [0.717, 1.165) is 21.0 Å². The van der Waals surface area contributed by atoms with Crippen molar-refractivity contribution >= 4 is 16.8 Å². The fourth-order valence-electron chi connectivity index (χ4n) is 3.60. The van der Waals surface area contributed by atoms with Crippen LogP contribution in [-0.4, -0.2) is 36.7 Å². The van der Waals surface area contributed by atoms with Crippen molar-refractivity contribution in [1.82, 2.24) is 24.2 Å². The molecule has 3 aromatic rings. The Morgan fingerprint density at radius 1 is 1.19 bits per heavy atom. The van der Waals surface area contributed by atoms with E-state index < -0.39 is 12.0 Å². The molecule has 142 valence electrons. The van der Waals surface area contributed by atoms with E-state index in [2.05, 4.69) is 10.2 Å². The van der Waals surface area contributed by atoms with Crippen LogP contribution in [0, 0.1) is 0 Å². The molecule has 0 saturated carbocycles. The molecule has 0 saturated heterocycles. The highest BCUT2D eigenvalue weighted by Gasteiger charge is 2.39. The number of fused-ring (bicyclic) bond motifs is 2. The van der Waals surface area contributed by atoms with Crippen molar-refractivity contribution < 1.29 is 18.0 Å². The molecule has 1 aliphatic heterocycles. The first-order chi connectivity index (χ1) is 12.8. The molecular weight excluding hydrogens is 359 g/mol. The lowest BCUT2D eigenvalue weighted by Crippen LogP contribution is -2.39. The zero-order valence-corrected chi connectivity index (χ0v) is 14.7. The summed E-state index contributed by atoms with van der Waals surface area (Å²) in [6, 6.07) is 7.98. The maximum Gasteiger partial charge on any atom is 0.451 e. The number of halogens is 3. The van der Waals surface area contributed by atoms with Gasteiger partial charge in [0.1, 0.15) is 0 Å². The van der Waals surface area contributed by atoms with E-state index in [1.807, 2.05) is 42.1 Å². The number of aromatic nitrogens is 4. The minimum Gasteiger partial charge on any atom is -0.350 e. The van der Waals surface area contributed by atoms with Crippen LogP contribution in [0.1, 0.15) is 23.6 Å². The van der Waals surface area contributed by atoms with Crippen molar-refractivity contribution in [2.24, 2.45) is 7.05 Å². The number of amides is 1. The molecule has 0 bridgehead atoms. The smallest absolute Gasteiger partial charge is 0.350 e. The van der Waals surface area contributed by atoms with E-state index in [9.17, 15) is 18.0 Å². The summed E-state index contributed by atoms with van der Waals surface area (Å²) in [4.78, 5) is 14.1. The Morgan fingerprint density at radius 3 is 2.74 bits per heavy atom. The molecule has 0 aliphatic carbocycles. The number of nitrogens with zero attached hydrogens (tertiary/aromatic N) is 5. The molecule has 1 aromatic carbocycles. The fraction of sp³-hybridized carbons (Fsp3) is 0.389. The Kier molecular flexibility index (Phi) is 4.16. The van der Waals surface area contributed by atoms with Gasteiger partial charge in [-0.05, 0) is 18.1 Å². The van der Waals surface area contributed by atoms with Crippen molar-refractivity contribution in [2.75, 3.05) is 6.54 Å². The number of rotatable bonds is 3. The average molecular weight is 377 g/mol. The zero-order valence-electron chi connectivity index (χ0n) is 14.7. The third-order valence-corrected chi connectivity index (χ3v) is 4.95. The first-order valence-electron chi connectivity index (χ1n) is 8.64. The maximum atomic E-state index is 12.9. The molecule has 0 fully saturated rings. The van der Waals surface area contributed by atoms with E-state index in [4.69, 9.17) is 0 Å². The van der Waals surface area contributed by atoms with E-state index in [-0.39, 0.29) is 31.4 Å². The third-order valence-electron chi connectivity index (χ3n) is 4.95. The van der Waals surface area contributed by atoms with Gasteiger partial charge in [-0.25, -0.2) is 0 Å². The first-order valence-corrected chi connectivity index (χ1v) is 8.64. The summed E-state index contributed by atoms with van der Waals surface area (Å²) in [5.74, 6) is -0.918. The van der Waals surface area contributed by atoms with E-state index in [1.54, 1.807) is 4.90 Å². The summed E-state index contributed by atoms with van der Waals surface area (Å²) in [6.45, 7) is 0.330. The van der Waals surface area contributed by atoms with Crippen molar-refractivity contribution in [3.8, 4) is 0 Å². The van der Waals surface area contributed by atoms with Crippen LogP contribution in [0.3, 0.4) is 0 Å². The summed E-state index contributed by atoms with van der Waals surface area (Å²) in [5, 5.41) is 7.97. The number of aryl methyl sites for hydroxylation is 2. The molecule has 0 unspecified atom stereocenters. The summed E-state index contributed by atoms with van der Waals surface area (Å²) >= 11 is 0. The van der Waals surface area contributed by atoms with Crippen molar-refractivity contribution in [3.63, 3.8) is 0 Å². The highest BCUT2D eigenvalue weighted by Crippen LogP contribution is 2.29. The van der Waals surface area contributed by atoms with Gasteiger partial charge in [0.2, 0.25) is 11.7 Å². The normalized spacial score (nSPS) is 14.6. The van der Waals surface area contributed by atoms with Crippen LogP contribution in [-0.2, 0) is 37.5 Å². The fourth-order valence-corrected chi connectivity index (χ4v) is 3.60. The number of para-hydroxylation sites is 1. The Balaban J connectivity index is 1.44. The topological polar surface area (TPSA) is 56.0 Å². The van der Waals surface area contributed by atoms with Crippen LogP contribution in [0.5, 0.6) is 0 Å². The highest BCUT2D eigenvalue weighted by atomic mass is 19.4. The van der Waals surface area contributed by atoms with Gasteiger partial charge in [-0.3, -0.25) is 4.79 Å². The maximum absolute atomic E-state index is 12.9. The van der Waals surface area contributed by atoms with Crippen LogP contribution in [0.15, 0.2) is 30.5 Å². The van der Waals surface area contributed by atoms with Crippen LogP contribution < -0.4 is 0 Å². The second-order valence-electron chi connectivity index (χ2n) is 6.69. The van der Waals surface area contributed by atoms with Crippen molar-refractivity contribution in [3.05, 3.63) is 47.7 Å². The molecule has 1 aliphatic rings. The lowest BCUT2D eigenvalue weighted by Gasteiger charge is -2.28. The van der Waals surface area contributed by atoms with Gasteiger partial charge in [0, 0.05) is 43.7 Å². The van der Waals surface area contributed by atoms with Gasteiger partial charge in [0.15, 0.2) is 5.82 Å². The standard InChI is InChI=1S/C18H18F3N5O/c1-24-10-12(13-4-2-3-5-14(13)24)6-7-16(27)25-8-9-26-15(11-25)22-23-17(26)18(19,20)21/h2-5,10H,6-9,11H2,1H3. The zero-order chi connectivity index (χ0) is 19.2. The summed E-state index contributed by atoms with van der Waals surface area (Å²) in [6.07, 6.45) is -1.64. The SMILES string of the molecule is Cn1cc(CCC(=O)N2CCn3c(nnc3C(F)(F)F)C2)c2ccccc21. The van der Waals surface area contributed by atoms with Gasteiger partial charge >= 0.3 is 6.18 Å². The second kappa shape index (κ2) is 6.40. The van der Waals surface area contributed by atoms with Gasteiger partial charge in [0.25, 0.3) is 0 Å². The van der Waals surface area contributed by atoms with Gasteiger partial charge in [-0.2, -0.15) is 13.2 Å². The Bertz CT molecular complexity index is 1000. The number of hydrogen-bond donors (Lipinski definition) is 0. The van der Waals surface area contributed by atoms with E-state index in [1.165, 1.54) is 0 Å². The second-order valence-corrected chi connectivity index (χ2v) is 6.69. The molecule has 0 radical (unpaired) electrons. The molecule has 0 atom stereocenters. The molecule has 9 heteroatoms. The summed E-state index contributed by atoms with van der Waals surface area (Å²) in [5.41, 5.74) is 2.19. The van der Waals surface area contributed by atoms with Crippen LogP contribution in [0.2, 0.25) is 0 Å². The molecule has 4 rings (SSSR count). The minimum atomic E-state index is -4.54.